The quantitative estimate of drug-likeness (QED) is 0.615. The van der Waals surface area contributed by atoms with Crippen LogP contribution in [0.2, 0.25) is 0 Å². The van der Waals surface area contributed by atoms with E-state index in [1.54, 1.807) is 64.3 Å². The number of likely N-dealkylation sites (N-methyl/N-ethyl adjacent to an activating group) is 1. The minimum Gasteiger partial charge on any atom is -0.481 e. The zero-order valence-corrected chi connectivity index (χ0v) is 18.3. The molecule has 0 saturated heterocycles. The number of carbonyl (C=O) groups excluding carboxylic acids is 2. The molecule has 3 aromatic rings. The van der Waals surface area contributed by atoms with Gasteiger partial charge in [-0.25, -0.2) is 4.79 Å². The van der Waals surface area contributed by atoms with Crippen molar-refractivity contribution in [2.45, 2.75) is 33.3 Å². The van der Waals surface area contributed by atoms with Crippen molar-refractivity contribution in [3.63, 3.8) is 0 Å². The van der Waals surface area contributed by atoms with Crippen molar-refractivity contribution in [2.75, 3.05) is 19.4 Å². The summed E-state index contributed by atoms with van der Waals surface area (Å²) >= 11 is 0. The number of amides is 2. The number of rotatable bonds is 6. The van der Waals surface area contributed by atoms with Gasteiger partial charge in [0.2, 0.25) is 5.91 Å². The van der Waals surface area contributed by atoms with Crippen molar-refractivity contribution in [2.24, 2.45) is 0 Å². The molecule has 0 radical (unpaired) electrons. The summed E-state index contributed by atoms with van der Waals surface area (Å²) in [5, 5.41) is 3.62. The fourth-order valence-corrected chi connectivity index (χ4v) is 3.04. The number of carbonyl (C=O) groups is 2. The molecule has 0 aliphatic heterocycles. The Kier molecular flexibility index (Phi) is 6.44. The topological polar surface area (TPSA) is 88.8 Å². The van der Waals surface area contributed by atoms with E-state index in [9.17, 15) is 14.4 Å². The van der Waals surface area contributed by atoms with Crippen LogP contribution in [0, 0.1) is 13.8 Å². The predicted molar refractivity (Wildman–Crippen MR) is 120 cm³/mol. The average molecular weight is 422 g/mol. The minimum atomic E-state index is -0.772. The highest BCUT2D eigenvalue weighted by atomic mass is 16.5. The first-order valence-corrected chi connectivity index (χ1v) is 9.96. The fraction of sp³-hybridized carbons (Fsp3) is 0.292. The van der Waals surface area contributed by atoms with Gasteiger partial charge in [0.05, 0.1) is 6.42 Å². The summed E-state index contributed by atoms with van der Waals surface area (Å²) in [7, 11) is 3.42. The third kappa shape index (κ3) is 5.12. The maximum absolute atomic E-state index is 12.5. The van der Waals surface area contributed by atoms with Crippen LogP contribution < -0.4 is 15.7 Å². The van der Waals surface area contributed by atoms with Crippen LogP contribution in [-0.2, 0) is 16.0 Å². The van der Waals surface area contributed by atoms with E-state index >= 15 is 0 Å². The lowest BCUT2D eigenvalue weighted by Gasteiger charge is -2.16. The first kappa shape index (κ1) is 22.1. The Morgan fingerprint density at radius 3 is 2.39 bits per heavy atom. The summed E-state index contributed by atoms with van der Waals surface area (Å²) in [5.41, 5.74) is 2.94. The number of ether oxygens (including phenoxy) is 1. The van der Waals surface area contributed by atoms with Gasteiger partial charge in [-0.2, -0.15) is 0 Å². The van der Waals surface area contributed by atoms with Gasteiger partial charge in [0.1, 0.15) is 11.3 Å². The molecule has 1 N–H and O–H groups in total. The van der Waals surface area contributed by atoms with Crippen molar-refractivity contribution >= 4 is 28.5 Å². The Morgan fingerprint density at radius 2 is 1.74 bits per heavy atom. The summed E-state index contributed by atoms with van der Waals surface area (Å²) < 4.78 is 11.1. The molecule has 7 heteroatoms. The number of aryl methyl sites for hydroxylation is 1. The standard InChI is InChI=1S/C24H26N2O5/c1-14-15(2)24(29)31-21-13-19(10-11-20(14)21)30-16(3)23(28)25-18-8-6-17(7-9-18)12-22(27)26(4)5/h6-11,13,16H,12H2,1-5H3,(H,25,28). The van der Waals surface area contributed by atoms with E-state index in [1.165, 1.54) is 4.90 Å². The van der Waals surface area contributed by atoms with Crippen molar-refractivity contribution in [1.29, 1.82) is 0 Å². The van der Waals surface area contributed by atoms with E-state index in [-0.39, 0.29) is 17.4 Å². The molecule has 0 aliphatic rings. The molecule has 162 valence electrons. The molecule has 0 bridgehead atoms. The molecule has 0 saturated carbocycles. The van der Waals surface area contributed by atoms with E-state index < -0.39 is 6.10 Å². The summed E-state index contributed by atoms with van der Waals surface area (Å²) in [5.74, 6) is 0.119. The van der Waals surface area contributed by atoms with Gasteiger partial charge in [0.15, 0.2) is 6.10 Å². The molecule has 3 rings (SSSR count). The first-order chi connectivity index (χ1) is 14.7. The van der Waals surface area contributed by atoms with Crippen molar-refractivity contribution in [1.82, 2.24) is 4.90 Å². The molecule has 2 amide bonds. The molecular weight excluding hydrogens is 396 g/mol. The highest BCUT2D eigenvalue weighted by Gasteiger charge is 2.16. The molecular formula is C24H26N2O5. The van der Waals surface area contributed by atoms with Gasteiger partial charge < -0.3 is 19.4 Å². The van der Waals surface area contributed by atoms with Gasteiger partial charge in [0.25, 0.3) is 5.91 Å². The number of anilines is 1. The van der Waals surface area contributed by atoms with Gasteiger partial charge in [0, 0.05) is 36.8 Å². The molecule has 0 fully saturated rings. The normalized spacial score (nSPS) is 11.8. The maximum Gasteiger partial charge on any atom is 0.339 e. The van der Waals surface area contributed by atoms with E-state index in [2.05, 4.69) is 5.32 Å². The van der Waals surface area contributed by atoms with Crippen LogP contribution >= 0.6 is 0 Å². The van der Waals surface area contributed by atoms with E-state index in [0.29, 0.717) is 29.0 Å². The smallest absolute Gasteiger partial charge is 0.339 e. The fourth-order valence-electron chi connectivity index (χ4n) is 3.04. The van der Waals surface area contributed by atoms with Crippen LogP contribution in [0.25, 0.3) is 11.0 Å². The third-order valence-electron chi connectivity index (χ3n) is 5.19. The second-order valence-electron chi connectivity index (χ2n) is 7.71. The van der Waals surface area contributed by atoms with Crippen LogP contribution in [0.3, 0.4) is 0 Å². The molecule has 31 heavy (non-hydrogen) atoms. The van der Waals surface area contributed by atoms with Crippen LogP contribution in [0.5, 0.6) is 5.75 Å². The lowest BCUT2D eigenvalue weighted by Crippen LogP contribution is -2.30. The number of benzene rings is 2. The molecule has 2 aromatic carbocycles. The molecule has 1 heterocycles. The SMILES string of the molecule is Cc1c(C)c2ccc(OC(C)C(=O)Nc3ccc(CC(=O)N(C)C)cc3)cc2oc1=O. The molecule has 1 atom stereocenters. The number of hydrogen-bond donors (Lipinski definition) is 1. The van der Waals surface area contributed by atoms with Gasteiger partial charge in [-0.1, -0.05) is 12.1 Å². The van der Waals surface area contributed by atoms with Gasteiger partial charge in [-0.3, -0.25) is 9.59 Å². The summed E-state index contributed by atoms with van der Waals surface area (Å²) in [4.78, 5) is 37.8. The van der Waals surface area contributed by atoms with Crippen LogP contribution in [0.1, 0.15) is 23.6 Å². The van der Waals surface area contributed by atoms with E-state index in [4.69, 9.17) is 9.15 Å². The minimum absolute atomic E-state index is 0.00961. The second kappa shape index (κ2) is 9.04. The van der Waals surface area contributed by atoms with Crippen LogP contribution in [-0.4, -0.2) is 36.9 Å². The Bertz CT molecular complexity index is 1180. The molecule has 7 nitrogen and oxygen atoms in total. The summed E-state index contributed by atoms with van der Waals surface area (Å²) in [6.07, 6.45) is -0.469. The zero-order valence-electron chi connectivity index (χ0n) is 18.3. The first-order valence-electron chi connectivity index (χ1n) is 9.96. The number of fused-ring (bicyclic) bond motifs is 1. The Morgan fingerprint density at radius 1 is 1.06 bits per heavy atom. The van der Waals surface area contributed by atoms with Crippen molar-refractivity contribution in [3.05, 3.63) is 69.6 Å². The maximum atomic E-state index is 12.5. The molecule has 1 aromatic heterocycles. The lowest BCUT2D eigenvalue weighted by molar-refractivity contribution is -0.128. The van der Waals surface area contributed by atoms with Crippen molar-refractivity contribution in [3.8, 4) is 5.75 Å². The van der Waals surface area contributed by atoms with Gasteiger partial charge >= 0.3 is 5.63 Å². The Hall–Kier alpha value is -3.61. The van der Waals surface area contributed by atoms with E-state index in [0.717, 1.165) is 16.5 Å². The second-order valence-corrected chi connectivity index (χ2v) is 7.71. The number of nitrogens with zero attached hydrogens (tertiary/aromatic N) is 1. The van der Waals surface area contributed by atoms with Crippen LogP contribution in [0.15, 0.2) is 51.7 Å². The average Bonchev–Trinajstić information content (AvgIpc) is 2.73. The highest BCUT2D eigenvalue weighted by molar-refractivity contribution is 5.94. The lowest BCUT2D eigenvalue weighted by atomic mass is 10.1. The van der Waals surface area contributed by atoms with Gasteiger partial charge in [-0.15, -0.1) is 0 Å². The zero-order chi connectivity index (χ0) is 22.7. The molecule has 1 unspecified atom stereocenters. The Balaban J connectivity index is 1.66. The summed E-state index contributed by atoms with van der Waals surface area (Å²) in [6, 6.07) is 12.3. The Labute approximate surface area is 180 Å². The largest absolute Gasteiger partial charge is 0.481 e. The van der Waals surface area contributed by atoms with Crippen molar-refractivity contribution < 1.29 is 18.7 Å². The third-order valence-corrected chi connectivity index (χ3v) is 5.19. The summed E-state index contributed by atoms with van der Waals surface area (Å²) in [6.45, 7) is 5.23. The van der Waals surface area contributed by atoms with Gasteiger partial charge in [-0.05, 0) is 56.2 Å². The number of hydrogen-bond acceptors (Lipinski definition) is 5. The highest BCUT2D eigenvalue weighted by Crippen LogP contribution is 2.24. The molecule has 0 aliphatic carbocycles. The number of nitrogens with one attached hydrogen (secondary N) is 1. The van der Waals surface area contributed by atoms with Crippen LogP contribution in [0.4, 0.5) is 5.69 Å². The predicted octanol–water partition coefficient (Wildman–Crippen LogP) is 3.45. The van der Waals surface area contributed by atoms with E-state index in [1.807, 2.05) is 13.0 Å². The monoisotopic (exact) mass is 422 g/mol. The molecule has 0 spiro atoms.